The average Bonchev–Trinajstić information content (AvgIpc) is 2.85. The van der Waals surface area contributed by atoms with E-state index in [9.17, 15) is 4.79 Å². The summed E-state index contributed by atoms with van der Waals surface area (Å²) < 4.78 is 1.88. The first-order valence-corrected chi connectivity index (χ1v) is 6.39. The molecule has 0 atom stereocenters. The fourth-order valence-electron chi connectivity index (χ4n) is 1.74. The van der Waals surface area contributed by atoms with Crippen LogP contribution >= 0.6 is 0 Å². The number of nitrogens with zero attached hydrogens (tertiary/aromatic N) is 5. The predicted molar refractivity (Wildman–Crippen MR) is 75.2 cm³/mol. The number of carbonyl (C=O) groups excluding carboxylic acids is 1. The number of nitrogens with one attached hydrogen (secondary N) is 1. The molecule has 0 saturated heterocycles. The van der Waals surface area contributed by atoms with Gasteiger partial charge in [-0.15, -0.1) is 0 Å². The number of amides is 1. The predicted octanol–water partition coefficient (Wildman–Crippen LogP) is 0.914. The molecule has 0 fully saturated rings. The normalized spacial score (nSPS) is 10.3. The van der Waals surface area contributed by atoms with Crippen molar-refractivity contribution >= 4 is 11.7 Å². The Morgan fingerprint density at radius 2 is 2.15 bits per heavy atom. The zero-order valence-corrected chi connectivity index (χ0v) is 11.9. The van der Waals surface area contributed by atoms with Gasteiger partial charge in [0.15, 0.2) is 0 Å². The molecular formula is C13H18N6O. The number of hydrogen-bond acceptors (Lipinski definition) is 5. The molecule has 1 N–H and O–H groups in total. The molecular weight excluding hydrogens is 256 g/mol. The molecule has 0 aliphatic rings. The lowest BCUT2D eigenvalue weighted by Crippen LogP contribution is -2.28. The van der Waals surface area contributed by atoms with E-state index in [0.29, 0.717) is 18.1 Å². The Labute approximate surface area is 117 Å². The summed E-state index contributed by atoms with van der Waals surface area (Å²) in [6.45, 7) is 3.17. The second-order valence-electron chi connectivity index (χ2n) is 4.43. The maximum Gasteiger partial charge on any atom is 0.274 e. The van der Waals surface area contributed by atoms with E-state index in [1.54, 1.807) is 24.3 Å². The molecule has 0 unspecified atom stereocenters. The Morgan fingerprint density at radius 3 is 2.70 bits per heavy atom. The molecule has 20 heavy (non-hydrogen) atoms. The number of anilines is 1. The van der Waals surface area contributed by atoms with Gasteiger partial charge in [0.2, 0.25) is 0 Å². The maximum absolute atomic E-state index is 12.2. The van der Waals surface area contributed by atoms with Crippen molar-refractivity contribution in [3.63, 3.8) is 0 Å². The highest BCUT2D eigenvalue weighted by Crippen LogP contribution is 2.06. The summed E-state index contributed by atoms with van der Waals surface area (Å²) in [5.74, 6) is 1.30. The van der Waals surface area contributed by atoms with E-state index in [0.717, 1.165) is 12.4 Å². The molecule has 7 nitrogen and oxygen atoms in total. The third kappa shape index (κ3) is 3.11. The van der Waals surface area contributed by atoms with Crippen LogP contribution in [0.2, 0.25) is 0 Å². The molecule has 2 aromatic rings. The van der Waals surface area contributed by atoms with Gasteiger partial charge in [-0.1, -0.05) is 0 Å². The Bertz CT molecular complexity index is 577. The van der Waals surface area contributed by atoms with E-state index in [4.69, 9.17) is 0 Å². The van der Waals surface area contributed by atoms with Gasteiger partial charge >= 0.3 is 0 Å². The highest BCUT2D eigenvalue weighted by Gasteiger charge is 2.15. The first kappa shape index (κ1) is 14.0. The number of imidazole rings is 1. The van der Waals surface area contributed by atoms with Crippen molar-refractivity contribution in [2.45, 2.75) is 13.5 Å². The number of hydrogen-bond donors (Lipinski definition) is 1. The highest BCUT2D eigenvalue weighted by atomic mass is 16.2. The number of aryl methyl sites for hydroxylation is 1. The van der Waals surface area contributed by atoms with Crippen molar-refractivity contribution in [1.29, 1.82) is 0 Å². The molecule has 0 aromatic carbocycles. The second kappa shape index (κ2) is 6.14. The van der Waals surface area contributed by atoms with Crippen LogP contribution in [0.1, 0.15) is 23.2 Å². The van der Waals surface area contributed by atoms with Crippen LogP contribution < -0.4 is 5.32 Å². The Balaban J connectivity index is 2.04. The fourth-order valence-corrected chi connectivity index (χ4v) is 1.74. The molecule has 2 aromatic heterocycles. The summed E-state index contributed by atoms with van der Waals surface area (Å²) >= 11 is 0. The van der Waals surface area contributed by atoms with E-state index in [-0.39, 0.29) is 5.91 Å². The van der Waals surface area contributed by atoms with Crippen LogP contribution in [0.15, 0.2) is 24.8 Å². The molecule has 0 saturated carbocycles. The van der Waals surface area contributed by atoms with Crippen molar-refractivity contribution in [3.05, 3.63) is 36.3 Å². The van der Waals surface area contributed by atoms with Crippen molar-refractivity contribution in [1.82, 2.24) is 24.4 Å². The number of rotatable bonds is 5. The van der Waals surface area contributed by atoms with Crippen molar-refractivity contribution < 1.29 is 4.79 Å². The first-order chi connectivity index (χ1) is 9.61. The lowest BCUT2D eigenvalue weighted by atomic mass is 10.3. The molecule has 2 rings (SSSR count). The molecule has 2 heterocycles. The molecule has 0 bridgehead atoms. The SMILES string of the molecule is CCNc1cnc(C(=O)N(C)Cc2nccn2C)cn1. The largest absolute Gasteiger partial charge is 0.369 e. The van der Waals surface area contributed by atoms with Gasteiger partial charge in [0.05, 0.1) is 18.9 Å². The third-order valence-corrected chi connectivity index (χ3v) is 2.88. The Morgan fingerprint density at radius 1 is 1.35 bits per heavy atom. The minimum Gasteiger partial charge on any atom is -0.369 e. The lowest BCUT2D eigenvalue weighted by molar-refractivity contribution is 0.0774. The summed E-state index contributed by atoms with van der Waals surface area (Å²) in [6, 6.07) is 0. The van der Waals surface area contributed by atoms with Crippen LogP contribution in [0.25, 0.3) is 0 Å². The topological polar surface area (TPSA) is 75.9 Å². The molecule has 0 aliphatic carbocycles. The van der Waals surface area contributed by atoms with Gasteiger partial charge in [0.1, 0.15) is 17.3 Å². The van der Waals surface area contributed by atoms with Gasteiger partial charge in [-0.2, -0.15) is 0 Å². The average molecular weight is 274 g/mol. The second-order valence-corrected chi connectivity index (χ2v) is 4.43. The van der Waals surface area contributed by atoms with Crippen LogP contribution in [-0.4, -0.2) is 43.9 Å². The van der Waals surface area contributed by atoms with Gasteiger partial charge in [-0.3, -0.25) is 4.79 Å². The summed E-state index contributed by atoms with van der Waals surface area (Å²) in [5.41, 5.74) is 0.323. The van der Waals surface area contributed by atoms with Gasteiger partial charge in [0, 0.05) is 33.0 Å². The summed E-state index contributed by atoms with van der Waals surface area (Å²) in [5, 5.41) is 3.03. The van der Waals surface area contributed by atoms with Gasteiger partial charge in [-0.05, 0) is 6.92 Å². The molecule has 0 aliphatic heterocycles. The zero-order chi connectivity index (χ0) is 14.5. The van der Waals surface area contributed by atoms with Gasteiger partial charge in [0.25, 0.3) is 5.91 Å². The van der Waals surface area contributed by atoms with E-state index in [2.05, 4.69) is 20.3 Å². The van der Waals surface area contributed by atoms with Crippen LogP contribution in [0, 0.1) is 0 Å². The van der Waals surface area contributed by atoms with E-state index in [1.165, 1.54) is 6.20 Å². The standard InChI is InChI=1S/C13H18N6O/c1-4-14-11-8-16-10(7-17-11)13(20)19(3)9-12-15-5-6-18(12)2/h5-8H,4,9H2,1-3H3,(H,14,17). The van der Waals surface area contributed by atoms with E-state index >= 15 is 0 Å². The summed E-state index contributed by atoms with van der Waals surface area (Å²) in [6.07, 6.45) is 6.60. The van der Waals surface area contributed by atoms with Crippen molar-refractivity contribution in [2.75, 3.05) is 18.9 Å². The zero-order valence-electron chi connectivity index (χ0n) is 11.9. The van der Waals surface area contributed by atoms with Crippen molar-refractivity contribution in [2.24, 2.45) is 7.05 Å². The quantitative estimate of drug-likeness (QED) is 0.877. The Kier molecular flexibility index (Phi) is 4.29. The number of aromatic nitrogens is 4. The Hall–Kier alpha value is -2.44. The fraction of sp³-hybridized carbons (Fsp3) is 0.385. The minimum absolute atomic E-state index is 0.177. The van der Waals surface area contributed by atoms with Crippen LogP contribution in [0.4, 0.5) is 5.82 Å². The molecule has 0 spiro atoms. The smallest absolute Gasteiger partial charge is 0.274 e. The monoisotopic (exact) mass is 274 g/mol. The lowest BCUT2D eigenvalue weighted by Gasteiger charge is -2.16. The molecule has 1 amide bonds. The minimum atomic E-state index is -0.177. The highest BCUT2D eigenvalue weighted by molar-refractivity contribution is 5.91. The van der Waals surface area contributed by atoms with E-state index < -0.39 is 0 Å². The summed E-state index contributed by atoms with van der Waals surface area (Å²) in [7, 11) is 3.61. The first-order valence-electron chi connectivity index (χ1n) is 6.39. The molecule has 7 heteroatoms. The summed E-state index contributed by atoms with van der Waals surface area (Å²) in [4.78, 5) is 26.3. The maximum atomic E-state index is 12.2. The third-order valence-electron chi connectivity index (χ3n) is 2.88. The molecule has 106 valence electrons. The van der Waals surface area contributed by atoms with Gasteiger partial charge in [-0.25, -0.2) is 15.0 Å². The van der Waals surface area contributed by atoms with Crippen LogP contribution in [-0.2, 0) is 13.6 Å². The van der Waals surface area contributed by atoms with Crippen LogP contribution in [0.5, 0.6) is 0 Å². The van der Waals surface area contributed by atoms with E-state index in [1.807, 2.05) is 24.7 Å². The molecule has 0 radical (unpaired) electrons. The van der Waals surface area contributed by atoms with Crippen molar-refractivity contribution in [3.8, 4) is 0 Å². The van der Waals surface area contributed by atoms with Gasteiger partial charge < -0.3 is 14.8 Å². The van der Waals surface area contributed by atoms with Crippen LogP contribution in [0.3, 0.4) is 0 Å². The number of carbonyl (C=O) groups is 1.